The zero-order chi connectivity index (χ0) is 14.8. The topological polar surface area (TPSA) is 38.5 Å². The summed E-state index contributed by atoms with van der Waals surface area (Å²) in [5, 5.41) is 0.836. The lowest BCUT2D eigenvalue weighted by Gasteiger charge is -2.23. The van der Waals surface area contributed by atoms with Gasteiger partial charge in [-0.05, 0) is 34.9 Å². The molecule has 0 amide bonds. The number of hydrogen-bond acceptors (Lipinski definition) is 3. The summed E-state index contributed by atoms with van der Waals surface area (Å²) in [5.41, 5.74) is 9.71. The maximum atomic E-state index is 6.32. The predicted octanol–water partition coefficient (Wildman–Crippen LogP) is 3.36. The third-order valence-electron chi connectivity index (χ3n) is 4.08. The number of ether oxygens (including phenoxy) is 1. The van der Waals surface area contributed by atoms with E-state index >= 15 is 0 Å². The van der Waals surface area contributed by atoms with Crippen molar-refractivity contribution in [2.45, 2.75) is 19.1 Å². The molecule has 2 aromatic rings. The van der Waals surface area contributed by atoms with Crippen LogP contribution in [0.15, 0.2) is 42.5 Å². The van der Waals surface area contributed by atoms with Gasteiger partial charge in [0.25, 0.3) is 0 Å². The average molecular weight is 303 g/mol. The summed E-state index contributed by atoms with van der Waals surface area (Å²) in [5.74, 6) is 0.877. The Labute approximate surface area is 130 Å². The van der Waals surface area contributed by atoms with Gasteiger partial charge in [-0.2, -0.15) is 0 Å². The lowest BCUT2D eigenvalue weighted by molar-refractivity contribution is 0.211. The highest BCUT2D eigenvalue weighted by Crippen LogP contribution is 2.37. The third kappa shape index (κ3) is 2.77. The normalized spacial score (nSPS) is 17.8. The fourth-order valence-corrected chi connectivity index (χ4v) is 3.21. The van der Waals surface area contributed by atoms with Crippen LogP contribution in [-0.4, -0.2) is 18.6 Å². The lowest BCUT2D eigenvalue weighted by Crippen LogP contribution is -2.27. The Morgan fingerprint density at radius 2 is 2.00 bits per heavy atom. The van der Waals surface area contributed by atoms with Crippen molar-refractivity contribution in [2.75, 3.05) is 13.7 Å². The van der Waals surface area contributed by atoms with E-state index in [0.717, 1.165) is 23.9 Å². The molecule has 0 saturated carbocycles. The highest BCUT2D eigenvalue weighted by molar-refractivity contribution is 6.31. The van der Waals surface area contributed by atoms with Gasteiger partial charge in [-0.25, -0.2) is 0 Å². The molecule has 1 heterocycles. The summed E-state index contributed by atoms with van der Waals surface area (Å²) < 4.78 is 5.20. The molecule has 0 aliphatic carbocycles. The maximum absolute atomic E-state index is 6.32. The molecule has 1 unspecified atom stereocenters. The van der Waals surface area contributed by atoms with E-state index in [9.17, 15) is 0 Å². The zero-order valence-electron chi connectivity index (χ0n) is 12.1. The van der Waals surface area contributed by atoms with E-state index in [0.29, 0.717) is 6.54 Å². The first-order valence-corrected chi connectivity index (χ1v) is 7.45. The molecule has 21 heavy (non-hydrogen) atoms. The summed E-state index contributed by atoms with van der Waals surface area (Å²) in [6.07, 6.45) is 0. The minimum absolute atomic E-state index is 0.237. The molecule has 0 fully saturated rings. The molecule has 0 radical (unpaired) electrons. The van der Waals surface area contributed by atoms with Gasteiger partial charge in [0.05, 0.1) is 7.11 Å². The molecule has 2 N–H and O–H groups in total. The fraction of sp³-hybridized carbons (Fsp3) is 0.294. The number of fused-ring (bicyclic) bond motifs is 1. The molecular formula is C17H19ClN2O. The molecule has 2 aromatic carbocycles. The molecule has 1 aliphatic heterocycles. The van der Waals surface area contributed by atoms with Crippen molar-refractivity contribution in [3.05, 3.63) is 64.2 Å². The van der Waals surface area contributed by atoms with Gasteiger partial charge in [0.2, 0.25) is 0 Å². The number of rotatable bonds is 4. The van der Waals surface area contributed by atoms with Crippen molar-refractivity contribution in [1.82, 2.24) is 4.90 Å². The Bertz CT molecular complexity index is 627. The van der Waals surface area contributed by atoms with Crippen molar-refractivity contribution in [3.63, 3.8) is 0 Å². The summed E-state index contributed by atoms with van der Waals surface area (Å²) in [6.45, 7) is 2.31. The van der Waals surface area contributed by atoms with Gasteiger partial charge in [-0.1, -0.05) is 35.9 Å². The van der Waals surface area contributed by atoms with Gasteiger partial charge in [0, 0.05) is 30.7 Å². The van der Waals surface area contributed by atoms with Crippen LogP contribution in [0, 0.1) is 0 Å². The van der Waals surface area contributed by atoms with Crippen LogP contribution in [0.2, 0.25) is 5.02 Å². The quantitative estimate of drug-likeness (QED) is 0.941. The molecule has 0 saturated heterocycles. The molecule has 0 bridgehead atoms. The van der Waals surface area contributed by atoms with E-state index in [1.165, 1.54) is 16.7 Å². The van der Waals surface area contributed by atoms with Crippen LogP contribution in [0.3, 0.4) is 0 Å². The molecule has 110 valence electrons. The Kier molecular flexibility index (Phi) is 4.15. The SMILES string of the molecule is COc1ccc(CN2Cc3c(Cl)cccc3C2CN)cc1. The molecule has 4 heteroatoms. The van der Waals surface area contributed by atoms with E-state index in [-0.39, 0.29) is 6.04 Å². The van der Waals surface area contributed by atoms with Crippen LogP contribution in [0.25, 0.3) is 0 Å². The number of benzene rings is 2. The molecular weight excluding hydrogens is 284 g/mol. The Morgan fingerprint density at radius 3 is 2.67 bits per heavy atom. The minimum Gasteiger partial charge on any atom is -0.497 e. The smallest absolute Gasteiger partial charge is 0.118 e. The third-order valence-corrected chi connectivity index (χ3v) is 4.44. The molecule has 1 atom stereocenters. The predicted molar refractivity (Wildman–Crippen MR) is 85.5 cm³/mol. The Hall–Kier alpha value is -1.55. The van der Waals surface area contributed by atoms with Crippen LogP contribution in [0.4, 0.5) is 0 Å². The summed E-state index contributed by atoms with van der Waals surface area (Å²) >= 11 is 6.32. The molecule has 0 aromatic heterocycles. The summed E-state index contributed by atoms with van der Waals surface area (Å²) in [4.78, 5) is 2.37. The van der Waals surface area contributed by atoms with Crippen LogP contribution < -0.4 is 10.5 Å². The van der Waals surface area contributed by atoms with Crippen molar-refractivity contribution in [2.24, 2.45) is 5.73 Å². The average Bonchev–Trinajstić information content (AvgIpc) is 2.87. The number of halogens is 1. The summed E-state index contributed by atoms with van der Waals surface area (Å²) in [6, 6.07) is 14.5. The summed E-state index contributed by atoms with van der Waals surface area (Å²) in [7, 11) is 1.68. The van der Waals surface area contributed by atoms with Gasteiger partial charge >= 0.3 is 0 Å². The van der Waals surface area contributed by atoms with Gasteiger partial charge in [-0.3, -0.25) is 4.90 Å². The van der Waals surface area contributed by atoms with Gasteiger partial charge in [-0.15, -0.1) is 0 Å². The van der Waals surface area contributed by atoms with E-state index in [4.69, 9.17) is 22.1 Å². The van der Waals surface area contributed by atoms with E-state index < -0.39 is 0 Å². The van der Waals surface area contributed by atoms with Crippen LogP contribution in [0.1, 0.15) is 22.7 Å². The molecule has 0 spiro atoms. The first-order chi connectivity index (χ1) is 10.2. The largest absolute Gasteiger partial charge is 0.497 e. The highest BCUT2D eigenvalue weighted by atomic mass is 35.5. The molecule has 1 aliphatic rings. The van der Waals surface area contributed by atoms with Crippen LogP contribution in [-0.2, 0) is 13.1 Å². The van der Waals surface area contributed by atoms with Gasteiger partial charge in [0.1, 0.15) is 5.75 Å². The number of hydrogen-bond donors (Lipinski definition) is 1. The Morgan fingerprint density at radius 1 is 1.24 bits per heavy atom. The molecule has 3 nitrogen and oxygen atoms in total. The second-order valence-corrected chi connectivity index (χ2v) is 5.72. The zero-order valence-corrected chi connectivity index (χ0v) is 12.8. The van der Waals surface area contributed by atoms with E-state index in [1.54, 1.807) is 7.11 Å². The van der Waals surface area contributed by atoms with Crippen molar-refractivity contribution < 1.29 is 4.74 Å². The first kappa shape index (κ1) is 14.4. The fourth-order valence-electron chi connectivity index (χ4n) is 2.97. The van der Waals surface area contributed by atoms with E-state index in [1.807, 2.05) is 24.3 Å². The second kappa shape index (κ2) is 6.06. The molecule has 3 rings (SSSR count). The highest BCUT2D eigenvalue weighted by Gasteiger charge is 2.30. The monoisotopic (exact) mass is 302 g/mol. The Balaban J connectivity index is 1.82. The second-order valence-electron chi connectivity index (χ2n) is 5.31. The number of nitrogens with two attached hydrogens (primary N) is 1. The standard InChI is InChI=1S/C17H19ClN2O/c1-21-13-7-5-12(6-8-13)10-20-11-15-14(17(20)9-19)3-2-4-16(15)18/h2-8,17H,9-11,19H2,1H3. The van der Waals surface area contributed by atoms with E-state index in [2.05, 4.69) is 23.1 Å². The minimum atomic E-state index is 0.237. The van der Waals surface area contributed by atoms with Crippen LogP contribution >= 0.6 is 11.6 Å². The van der Waals surface area contributed by atoms with Crippen molar-refractivity contribution in [3.8, 4) is 5.75 Å². The van der Waals surface area contributed by atoms with Gasteiger partial charge < -0.3 is 10.5 Å². The van der Waals surface area contributed by atoms with Gasteiger partial charge in [0.15, 0.2) is 0 Å². The number of nitrogens with zero attached hydrogens (tertiary/aromatic N) is 1. The van der Waals surface area contributed by atoms with Crippen molar-refractivity contribution in [1.29, 1.82) is 0 Å². The lowest BCUT2D eigenvalue weighted by atomic mass is 10.0. The maximum Gasteiger partial charge on any atom is 0.118 e. The first-order valence-electron chi connectivity index (χ1n) is 7.07. The number of methoxy groups -OCH3 is 1. The van der Waals surface area contributed by atoms with Crippen LogP contribution in [0.5, 0.6) is 5.75 Å². The van der Waals surface area contributed by atoms with Crippen molar-refractivity contribution >= 4 is 11.6 Å².